The van der Waals surface area contributed by atoms with Crippen LogP contribution in [0.25, 0.3) is 0 Å². The molecule has 0 aliphatic rings. The molecule has 1 rings (SSSR count). The second kappa shape index (κ2) is 4.77. The van der Waals surface area contributed by atoms with E-state index in [9.17, 15) is 4.79 Å². The normalized spacial score (nSPS) is 13.6. The van der Waals surface area contributed by atoms with Crippen molar-refractivity contribution in [3.05, 3.63) is 35.4 Å². The Hall–Kier alpha value is -1.86. The van der Waals surface area contributed by atoms with Crippen LogP contribution in [-0.2, 0) is 16.0 Å². The number of ether oxygens (including phenoxy) is 1. The van der Waals surface area contributed by atoms with E-state index in [1.807, 2.05) is 6.07 Å². The minimum absolute atomic E-state index is 0.380. The van der Waals surface area contributed by atoms with E-state index in [2.05, 4.69) is 4.74 Å². The van der Waals surface area contributed by atoms with Gasteiger partial charge in [0.25, 0.3) is 0 Å². The standard InChI is InChI=1S/C12H14N2O2/c1-12(14,11(15)16-2)7-9-3-5-10(8-13)6-4-9/h3-6H,7,14H2,1-2H3. The fraction of sp³-hybridized carbons (Fsp3) is 0.333. The van der Waals surface area contributed by atoms with E-state index in [1.165, 1.54) is 7.11 Å². The largest absolute Gasteiger partial charge is 0.468 e. The summed E-state index contributed by atoms with van der Waals surface area (Å²) in [5.74, 6) is -0.447. The van der Waals surface area contributed by atoms with Crippen molar-refractivity contribution in [2.75, 3.05) is 7.11 Å². The third-order valence-corrected chi connectivity index (χ3v) is 2.31. The predicted octanol–water partition coefficient (Wildman–Crippen LogP) is 0.991. The Morgan fingerprint density at radius 2 is 2.06 bits per heavy atom. The van der Waals surface area contributed by atoms with Crippen molar-refractivity contribution in [1.29, 1.82) is 5.26 Å². The number of carbonyl (C=O) groups is 1. The first kappa shape index (κ1) is 12.2. The molecule has 1 aromatic carbocycles. The maximum Gasteiger partial charge on any atom is 0.325 e. The molecule has 1 unspecified atom stereocenters. The SMILES string of the molecule is COC(=O)C(C)(N)Cc1ccc(C#N)cc1. The summed E-state index contributed by atoms with van der Waals surface area (Å²) >= 11 is 0. The van der Waals surface area contributed by atoms with E-state index < -0.39 is 11.5 Å². The van der Waals surface area contributed by atoms with Crippen LogP contribution in [-0.4, -0.2) is 18.6 Å². The van der Waals surface area contributed by atoms with Crippen molar-refractivity contribution < 1.29 is 9.53 Å². The van der Waals surface area contributed by atoms with Crippen molar-refractivity contribution in [3.8, 4) is 6.07 Å². The average molecular weight is 218 g/mol. The topological polar surface area (TPSA) is 76.1 Å². The number of esters is 1. The number of nitrogens with two attached hydrogens (primary N) is 1. The lowest BCUT2D eigenvalue weighted by molar-refractivity contribution is -0.146. The van der Waals surface area contributed by atoms with Crippen molar-refractivity contribution in [2.24, 2.45) is 5.73 Å². The van der Waals surface area contributed by atoms with Crippen LogP contribution in [0.15, 0.2) is 24.3 Å². The number of hydrogen-bond acceptors (Lipinski definition) is 4. The van der Waals surface area contributed by atoms with Gasteiger partial charge in [0.15, 0.2) is 0 Å². The zero-order valence-electron chi connectivity index (χ0n) is 9.36. The van der Waals surface area contributed by atoms with Gasteiger partial charge < -0.3 is 10.5 Å². The third-order valence-electron chi connectivity index (χ3n) is 2.31. The minimum atomic E-state index is -1.04. The molecule has 0 aliphatic carbocycles. The molecule has 0 saturated heterocycles. The Labute approximate surface area is 94.6 Å². The maximum absolute atomic E-state index is 11.4. The van der Waals surface area contributed by atoms with Gasteiger partial charge in [-0.3, -0.25) is 4.79 Å². The van der Waals surface area contributed by atoms with Gasteiger partial charge in [-0.05, 0) is 24.6 Å². The average Bonchev–Trinajstić information content (AvgIpc) is 2.28. The lowest BCUT2D eigenvalue weighted by Gasteiger charge is -2.21. The second-order valence-corrected chi connectivity index (χ2v) is 3.89. The van der Waals surface area contributed by atoms with Gasteiger partial charge in [0.1, 0.15) is 5.54 Å². The summed E-state index contributed by atoms with van der Waals surface area (Å²) in [5, 5.41) is 8.64. The highest BCUT2D eigenvalue weighted by molar-refractivity contribution is 5.80. The summed E-state index contributed by atoms with van der Waals surface area (Å²) in [7, 11) is 1.31. The summed E-state index contributed by atoms with van der Waals surface area (Å²) in [4.78, 5) is 11.4. The van der Waals surface area contributed by atoms with Crippen LogP contribution in [0, 0.1) is 11.3 Å². The monoisotopic (exact) mass is 218 g/mol. The molecule has 84 valence electrons. The van der Waals surface area contributed by atoms with Crippen LogP contribution in [0.4, 0.5) is 0 Å². The molecule has 0 bridgehead atoms. The van der Waals surface area contributed by atoms with Gasteiger partial charge >= 0.3 is 5.97 Å². The number of nitrogens with zero attached hydrogens (tertiary/aromatic N) is 1. The van der Waals surface area contributed by atoms with E-state index in [0.717, 1.165) is 5.56 Å². The summed E-state index contributed by atoms with van der Waals surface area (Å²) in [6.45, 7) is 1.62. The van der Waals surface area contributed by atoms with Gasteiger partial charge in [0.05, 0.1) is 18.7 Å². The van der Waals surface area contributed by atoms with Gasteiger partial charge in [-0.25, -0.2) is 0 Å². The van der Waals surface area contributed by atoms with Gasteiger partial charge in [0.2, 0.25) is 0 Å². The molecule has 4 nitrogen and oxygen atoms in total. The Bertz CT molecular complexity index is 416. The molecule has 16 heavy (non-hydrogen) atoms. The molecule has 0 aromatic heterocycles. The van der Waals surface area contributed by atoms with Gasteiger partial charge in [0, 0.05) is 6.42 Å². The molecule has 1 aromatic rings. The van der Waals surface area contributed by atoms with Crippen LogP contribution >= 0.6 is 0 Å². The fourth-order valence-electron chi connectivity index (χ4n) is 1.43. The van der Waals surface area contributed by atoms with Crippen molar-refractivity contribution in [3.63, 3.8) is 0 Å². The molecule has 1 atom stereocenters. The predicted molar refractivity (Wildman–Crippen MR) is 59.5 cm³/mol. The smallest absolute Gasteiger partial charge is 0.325 e. The van der Waals surface area contributed by atoms with Crippen LogP contribution in [0.1, 0.15) is 18.1 Å². The third kappa shape index (κ3) is 2.81. The first-order valence-corrected chi connectivity index (χ1v) is 4.86. The molecule has 0 fully saturated rings. The van der Waals surface area contributed by atoms with E-state index >= 15 is 0 Å². The first-order valence-electron chi connectivity index (χ1n) is 4.86. The van der Waals surface area contributed by atoms with Crippen LogP contribution in [0.2, 0.25) is 0 Å². The first-order chi connectivity index (χ1) is 7.49. The Kier molecular flexibility index (Phi) is 3.64. The number of nitriles is 1. The highest BCUT2D eigenvalue weighted by Gasteiger charge is 2.29. The number of rotatable bonds is 3. The molecule has 2 N–H and O–H groups in total. The van der Waals surface area contributed by atoms with Gasteiger partial charge in [-0.15, -0.1) is 0 Å². The lowest BCUT2D eigenvalue weighted by atomic mass is 9.94. The molecule has 0 aliphatic heterocycles. The zero-order chi connectivity index (χ0) is 12.2. The quantitative estimate of drug-likeness (QED) is 0.767. The highest BCUT2D eigenvalue weighted by atomic mass is 16.5. The summed E-state index contributed by atoms with van der Waals surface area (Å²) in [5.41, 5.74) is 6.28. The van der Waals surface area contributed by atoms with Crippen molar-refractivity contribution in [2.45, 2.75) is 18.9 Å². The molecule has 0 spiro atoms. The second-order valence-electron chi connectivity index (χ2n) is 3.89. The fourth-order valence-corrected chi connectivity index (χ4v) is 1.43. The van der Waals surface area contributed by atoms with Crippen LogP contribution < -0.4 is 5.73 Å². The van der Waals surface area contributed by atoms with E-state index in [4.69, 9.17) is 11.0 Å². The Balaban J connectivity index is 2.81. The highest BCUT2D eigenvalue weighted by Crippen LogP contribution is 2.13. The zero-order valence-corrected chi connectivity index (χ0v) is 9.36. The minimum Gasteiger partial charge on any atom is -0.468 e. The van der Waals surface area contributed by atoms with Gasteiger partial charge in [-0.1, -0.05) is 12.1 Å². The molecule has 4 heteroatoms. The number of methoxy groups -OCH3 is 1. The summed E-state index contributed by atoms with van der Waals surface area (Å²) in [6, 6.07) is 8.99. The number of benzene rings is 1. The Morgan fingerprint density at radius 1 is 1.50 bits per heavy atom. The molecular weight excluding hydrogens is 204 g/mol. The van der Waals surface area contributed by atoms with Crippen LogP contribution in [0.5, 0.6) is 0 Å². The molecule has 0 heterocycles. The van der Waals surface area contributed by atoms with Gasteiger partial charge in [-0.2, -0.15) is 5.26 Å². The van der Waals surface area contributed by atoms with E-state index in [0.29, 0.717) is 12.0 Å². The Morgan fingerprint density at radius 3 is 2.50 bits per heavy atom. The lowest BCUT2D eigenvalue weighted by Crippen LogP contribution is -2.47. The molecular formula is C12H14N2O2. The summed E-state index contributed by atoms with van der Waals surface area (Å²) in [6.07, 6.45) is 0.380. The number of carbonyl (C=O) groups excluding carboxylic acids is 1. The molecule has 0 saturated carbocycles. The van der Waals surface area contributed by atoms with Crippen molar-refractivity contribution in [1.82, 2.24) is 0 Å². The van der Waals surface area contributed by atoms with E-state index in [-0.39, 0.29) is 0 Å². The molecule has 0 amide bonds. The van der Waals surface area contributed by atoms with Crippen LogP contribution in [0.3, 0.4) is 0 Å². The maximum atomic E-state index is 11.4. The molecule has 0 radical (unpaired) electrons. The number of hydrogen-bond donors (Lipinski definition) is 1. The van der Waals surface area contributed by atoms with Crippen molar-refractivity contribution >= 4 is 5.97 Å². The van der Waals surface area contributed by atoms with E-state index in [1.54, 1.807) is 31.2 Å². The summed E-state index contributed by atoms with van der Waals surface area (Å²) < 4.78 is 4.62.